The van der Waals surface area contributed by atoms with E-state index in [0.29, 0.717) is 12.8 Å². The molecule has 0 saturated carbocycles. The Kier molecular flexibility index (Phi) is 22.9. The first-order valence-corrected chi connectivity index (χ1v) is 8.28. The van der Waals surface area contributed by atoms with Crippen molar-refractivity contribution in [2.24, 2.45) is 5.73 Å². The van der Waals surface area contributed by atoms with Crippen LogP contribution in [-0.4, -0.2) is 101 Å². The molecule has 0 aliphatic carbocycles. The van der Waals surface area contributed by atoms with E-state index in [0.717, 1.165) is 11.5 Å². The molecular weight excluding hydrogens is 332 g/mol. The van der Waals surface area contributed by atoms with Crippen LogP contribution in [0.15, 0.2) is 0 Å². The predicted molar refractivity (Wildman–Crippen MR) is 83.7 cm³/mol. The smallest absolute Gasteiger partial charge is 0.323 e. The van der Waals surface area contributed by atoms with Crippen LogP contribution in [0.25, 0.3) is 0 Å². The van der Waals surface area contributed by atoms with Gasteiger partial charge in [0.25, 0.3) is 0 Å². The van der Waals surface area contributed by atoms with E-state index in [1.165, 1.54) is 0 Å². The molecule has 116 valence electrons. The van der Waals surface area contributed by atoms with Crippen LogP contribution in [0.4, 0.5) is 0 Å². The monoisotopic (exact) mass is 354 g/mol. The largest absolute Gasteiger partial charge is 0.480 e. The standard InChI is InChI=1S/C5H11NO3S.C5H11NO2S.Ca/c1-10-3-2-4(6-9)5(7)8;1-9-3-2-4(6)5(7)8;/h4,6,9H,2-3H2,1H3,(H,7,8);4H,2-3,6H2,1H3,(H,7,8);/t2*4-;/m00./s1. The van der Waals surface area contributed by atoms with Crippen molar-refractivity contribution in [3.05, 3.63) is 0 Å². The molecule has 0 aromatic carbocycles. The van der Waals surface area contributed by atoms with Crippen molar-refractivity contribution in [2.45, 2.75) is 24.9 Å². The van der Waals surface area contributed by atoms with Crippen molar-refractivity contribution in [1.29, 1.82) is 0 Å². The van der Waals surface area contributed by atoms with E-state index in [1.807, 2.05) is 12.5 Å². The van der Waals surface area contributed by atoms with Crippen molar-refractivity contribution < 1.29 is 25.0 Å². The van der Waals surface area contributed by atoms with E-state index >= 15 is 0 Å². The quantitative estimate of drug-likeness (QED) is 0.285. The Hall–Kier alpha value is 0.780. The predicted octanol–water partition coefficient (Wildman–Crippen LogP) is -0.0579. The van der Waals surface area contributed by atoms with Crippen LogP contribution in [0.5, 0.6) is 0 Å². The van der Waals surface area contributed by atoms with Crippen LogP contribution in [-0.2, 0) is 9.59 Å². The normalized spacial score (nSPS) is 12.4. The molecule has 0 fully saturated rings. The second-order valence-electron chi connectivity index (χ2n) is 3.53. The summed E-state index contributed by atoms with van der Waals surface area (Å²) in [4.78, 5) is 20.3. The van der Waals surface area contributed by atoms with Crippen LogP contribution in [0, 0.1) is 0 Å². The minimum Gasteiger partial charge on any atom is -0.480 e. The van der Waals surface area contributed by atoms with Crippen molar-refractivity contribution in [3.63, 3.8) is 0 Å². The second kappa shape index (κ2) is 17.8. The molecule has 0 rings (SSSR count). The molecule has 0 saturated heterocycles. The molecule has 7 nitrogen and oxygen atoms in total. The summed E-state index contributed by atoms with van der Waals surface area (Å²) in [6.45, 7) is 0. The van der Waals surface area contributed by atoms with Crippen LogP contribution >= 0.6 is 23.5 Å². The minimum atomic E-state index is -1.02. The van der Waals surface area contributed by atoms with Gasteiger partial charge in [-0.2, -0.15) is 29.0 Å². The average Bonchev–Trinajstić information content (AvgIpc) is 2.37. The minimum absolute atomic E-state index is 0. The maximum absolute atomic E-state index is 10.2. The zero-order chi connectivity index (χ0) is 15.3. The summed E-state index contributed by atoms with van der Waals surface area (Å²) in [5.74, 6) is -0.390. The molecule has 0 bridgehead atoms. The number of carboxylic acids is 2. The molecule has 6 N–H and O–H groups in total. The molecule has 0 unspecified atom stereocenters. The zero-order valence-electron chi connectivity index (χ0n) is 11.7. The van der Waals surface area contributed by atoms with Gasteiger partial charge in [-0.3, -0.25) is 9.59 Å². The van der Waals surface area contributed by atoms with Crippen LogP contribution in [0.3, 0.4) is 0 Å². The van der Waals surface area contributed by atoms with E-state index in [9.17, 15) is 9.59 Å². The summed E-state index contributed by atoms with van der Waals surface area (Å²) >= 11 is 3.15. The Bertz CT molecular complexity index is 262. The molecule has 10 heteroatoms. The number of nitrogens with two attached hydrogens (primary N) is 1. The second-order valence-corrected chi connectivity index (χ2v) is 5.50. The molecule has 0 amide bonds. The molecular formula is C10H22CaN2O5S2. The summed E-state index contributed by atoms with van der Waals surface area (Å²) in [5.41, 5.74) is 6.91. The molecule has 20 heavy (non-hydrogen) atoms. The fourth-order valence-electron chi connectivity index (χ4n) is 0.847. The van der Waals surface area contributed by atoms with E-state index in [2.05, 4.69) is 0 Å². The Morgan fingerprint density at radius 1 is 1.10 bits per heavy atom. The first kappa shape index (κ1) is 25.7. The van der Waals surface area contributed by atoms with Gasteiger partial charge < -0.3 is 21.2 Å². The molecule has 0 spiro atoms. The third-order valence-corrected chi connectivity index (χ3v) is 3.30. The molecule has 2 radical (unpaired) electrons. The van der Waals surface area contributed by atoms with Crippen molar-refractivity contribution in [2.75, 3.05) is 24.0 Å². The van der Waals surface area contributed by atoms with Gasteiger partial charge in [0.15, 0.2) is 0 Å². The van der Waals surface area contributed by atoms with Gasteiger partial charge in [-0.25, -0.2) is 0 Å². The Morgan fingerprint density at radius 2 is 1.55 bits per heavy atom. The zero-order valence-corrected chi connectivity index (χ0v) is 15.6. The molecule has 0 aliphatic rings. The molecule has 0 aromatic heterocycles. The molecule has 0 aliphatic heterocycles. The number of hydroxylamine groups is 1. The van der Waals surface area contributed by atoms with Crippen molar-refractivity contribution in [3.8, 4) is 0 Å². The third-order valence-electron chi connectivity index (χ3n) is 2.01. The third kappa shape index (κ3) is 16.8. The first-order chi connectivity index (χ1) is 8.90. The maximum atomic E-state index is 10.2. The molecule has 2 atom stereocenters. The fourth-order valence-corrected chi connectivity index (χ4v) is 1.81. The number of rotatable bonds is 9. The van der Waals surface area contributed by atoms with Crippen LogP contribution in [0.2, 0.25) is 0 Å². The first-order valence-electron chi connectivity index (χ1n) is 5.49. The van der Waals surface area contributed by atoms with Gasteiger partial charge in [-0.05, 0) is 36.9 Å². The van der Waals surface area contributed by atoms with E-state index in [4.69, 9.17) is 21.2 Å². The van der Waals surface area contributed by atoms with Gasteiger partial charge in [0.1, 0.15) is 12.1 Å². The van der Waals surface area contributed by atoms with Crippen molar-refractivity contribution in [1.82, 2.24) is 5.48 Å². The Labute approximate surface area is 157 Å². The molecule has 0 heterocycles. The summed E-state index contributed by atoms with van der Waals surface area (Å²) in [6, 6.07) is -1.51. The number of thioether (sulfide) groups is 2. The van der Waals surface area contributed by atoms with E-state index in [-0.39, 0.29) is 37.7 Å². The summed E-state index contributed by atoms with van der Waals surface area (Å²) in [6.07, 6.45) is 4.80. The van der Waals surface area contributed by atoms with Gasteiger partial charge in [0, 0.05) is 37.7 Å². The fraction of sp³-hybridized carbons (Fsp3) is 0.800. The Morgan fingerprint density at radius 3 is 1.85 bits per heavy atom. The summed E-state index contributed by atoms with van der Waals surface area (Å²) in [5, 5.41) is 24.9. The van der Waals surface area contributed by atoms with E-state index < -0.39 is 24.0 Å². The number of carbonyl (C=O) groups is 2. The summed E-state index contributed by atoms with van der Waals surface area (Å²) < 4.78 is 0. The number of hydrogen-bond donors (Lipinski definition) is 5. The van der Waals surface area contributed by atoms with Gasteiger partial charge in [0.05, 0.1) is 0 Å². The number of aliphatic carboxylic acids is 2. The van der Waals surface area contributed by atoms with Gasteiger partial charge in [-0.15, -0.1) is 0 Å². The Balaban J connectivity index is -0.000000277. The number of nitrogens with one attached hydrogen (secondary N) is 1. The number of carboxylic acid groups (broad SMARTS) is 2. The van der Waals surface area contributed by atoms with Gasteiger partial charge >= 0.3 is 11.9 Å². The average molecular weight is 355 g/mol. The van der Waals surface area contributed by atoms with Gasteiger partial charge in [0.2, 0.25) is 0 Å². The van der Waals surface area contributed by atoms with Crippen LogP contribution in [0.1, 0.15) is 12.8 Å². The number of hydrogen-bond acceptors (Lipinski definition) is 7. The summed E-state index contributed by atoms with van der Waals surface area (Å²) in [7, 11) is 0. The maximum Gasteiger partial charge on any atom is 0.323 e. The van der Waals surface area contributed by atoms with Gasteiger partial charge in [-0.1, -0.05) is 0 Å². The van der Waals surface area contributed by atoms with E-state index in [1.54, 1.807) is 29.0 Å². The topological polar surface area (TPSA) is 133 Å². The van der Waals surface area contributed by atoms with Crippen LogP contribution < -0.4 is 11.2 Å². The molecule has 0 aromatic rings. The van der Waals surface area contributed by atoms with Crippen molar-refractivity contribution >= 4 is 73.2 Å². The SMILES string of the molecule is CSCC[C@H](N)C(=O)O.CSCC[C@H](NO)C(=O)O.[Ca].